The summed E-state index contributed by atoms with van der Waals surface area (Å²) in [5.74, 6) is 2.24. The lowest BCUT2D eigenvalue weighted by Crippen LogP contribution is -2.18. The maximum Gasteiger partial charge on any atom is 0.257 e. The van der Waals surface area contributed by atoms with E-state index in [-0.39, 0.29) is 17.9 Å². The molecule has 0 bridgehead atoms. The normalized spacial score (nSPS) is 11.9. The summed E-state index contributed by atoms with van der Waals surface area (Å²) < 4.78 is 23.0. The van der Waals surface area contributed by atoms with E-state index in [0.717, 1.165) is 5.56 Å². The second kappa shape index (κ2) is 11.1. The summed E-state index contributed by atoms with van der Waals surface area (Å²) in [6.07, 6.45) is 1.41. The molecule has 2 aromatic heterocycles. The molecule has 4 rings (SSSR count). The Morgan fingerprint density at radius 1 is 1.09 bits per heavy atom. The number of carbonyl (C=O) groups is 1. The quantitative estimate of drug-likeness (QED) is 0.296. The first-order chi connectivity index (χ1) is 16.9. The van der Waals surface area contributed by atoms with Crippen molar-refractivity contribution in [2.75, 3.05) is 19.0 Å². The van der Waals surface area contributed by atoms with Crippen LogP contribution in [0.4, 0.5) is 5.13 Å². The second-order valence-corrected chi connectivity index (χ2v) is 8.99. The Hall–Kier alpha value is -3.76. The number of methoxy groups -OCH3 is 1. The topological polar surface area (TPSA) is 109 Å². The van der Waals surface area contributed by atoms with Gasteiger partial charge in [-0.2, -0.15) is 0 Å². The zero-order valence-corrected chi connectivity index (χ0v) is 20.7. The number of nitrogens with zero attached hydrogens (tertiary/aromatic N) is 3. The van der Waals surface area contributed by atoms with Crippen molar-refractivity contribution >= 4 is 22.4 Å². The van der Waals surface area contributed by atoms with Gasteiger partial charge in [-0.05, 0) is 37.3 Å². The van der Waals surface area contributed by atoms with Crippen molar-refractivity contribution in [3.8, 4) is 28.7 Å². The minimum Gasteiger partial charge on any atom is -0.488 e. The van der Waals surface area contributed by atoms with E-state index in [2.05, 4.69) is 20.5 Å². The Morgan fingerprint density at radius 2 is 1.91 bits per heavy atom. The van der Waals surface area contributed by atoms with E-state index in [9.17, 15) is 4.79 Å². The summed E-state index contributed by atoms with van der Waals surface area (Å²) >= 11 is 1.34. The summed E-state index contributed by atoms with van der Waals surface area (Å²) in [4.78, 5) is 17.0. The maximum atomic E-state index is 12.9. The Morgan fingerprint density at radius 3 is 2.63 bits per heavy atom. The number of carbonyl (C=O) groups excluding carboxylic acids is 1. The van der Waals surface area contributed by atoms with Crippen LogP contribution in [0.15, 0.2) is 58.5 Å². The van der Waals surface area contributed by atoms with Gasteiger partial charge >= 0.3 is 0 Å². The van der Waals surface area contributed by atoms with Gasteiger partial charge < -0.3 is 18.6 Å². The van der Waals surface area contributed by atoms with Crippen LogP contribution in [0.25, 0.3) is 11.5 Å². The van der Waals surface area contributed by atoms with Gasteiger partial charge in [-0.15, -0.1) is 21.5 Å². The summed E-state index contributed by atoms with van der Waals surface area (Å²) in [5, 5.41) is 13.3. The van der Waals surface area contributed by atoms with Crippen molar-refractivity contribution in [3.05, 3.63) is 65.5 Å². The highest BCUT2D eigenvalue weighted by Gasteiger charge is 2.15. The number of nitrogens with one attached hydrogen (secondary N) is 1. The first kappa shape index (κ1) is 24.4. The third-order valence-electron chi connectivity index (χ3n) is 4.78. The molecule has 0 spiro atoms. The fourth-order valence-electron chi connectivity index (χ4n) is 3.20. The van der Waals surface area contributed by atoms with Crippen LogP contribution in [0, 0.1) is 0 Å². The largest absolute Gasteiger partial charge is 0.488 e. The van der Waals surface area contributed by atoms with Crippen LogP contribution in [-0.4, -0.2) is 40.9 Å². The van der Waals surface area contributed by atoms with E-state index in [1.165, 1.54) is 11.3 Å². The van der Waals surface area contributed by atoms with Crippen molar-refractivity contribution in [1.29, 1.82) is 0 Å². The van der Waals surface area contributed by atoms with Crippen molar-refractivity contribution in [1.82, 2.24) is 15.2 Å². The second-order valence-electron chi connectivity index (χ2n) is 8.10. The van der Waals surface area contributed by atoms with Gasteiger partial charge in [0.15, 0.2) is 5.13 Å². The Balaban J connectivity index is 1.60. The molecule has 2 aromatic carbocycles. The van der Waals surface area contributed by atoms with Crippen LogP contribution in [0.1, 0.15) is 42.9 Å². The molecular formula is C25H26N4O5S. The monoisotopic (exact) mass is 494 g/mol. The standard InChI is InChI=1S/C25H26N4O5S/c1-15(2)23-28-29-24(34-23)17-6-5-7-19(10-17)33-21-12-18(22(30)27-25-26-8-9-35-25)11-20(13-21)32-16(3)14-31-4/h5-13,15-16H,14H2,1-4H3,(H,26,27,30)/t16-/m1/s1. The van der Waals surface area contributed by atoms with E-state index < -0.39 is 0 Å². The highest BCUT2D eigenvalue weighted by atomic mass is 32.1. The van der Waals surface area contributed by atoms with E-state index in [4.69, 9.17) is 18.6 Å². The molecule has 1 atom stereocenters. The van der Waals surface area contributed by atoms with Gasteiger partial charge in [0.05, 0.1) is 6.61 Å². The number of benzene rings is 2. The lowest BCUT2D eigenvalue weighted by Gasteiger charge is -2.16. The SMILES string of the molecule is COC[C@@H](C)Oc1cc(Oc2cccc(-c3nnc(C(C)C)o3)c2)cc(C(=O)Nc2nccs2)c1. The molecule has 0 aliphatic carbocycles. The zero-order valence-electron chi connectivity index (χ0n) is 19.8. The molecule has 9 nitrogen and oxygen atoms in total. The van der Waals surface area contributed by atoms with Gasteiger partial charge in [0.25, 0.3) is 5.91 Å². The van der Waals surface area contributed by atoms with Crippen molar-refractivity contribution in [3.63, 3.8) is 0 Å². The van der Waals surface area contributed by atoms with Crippen molar-refractivity contribution in [2.45, 2.75) is 32.8 Å². The Bertz CT molecular complexity index is 1270. The van der Waals surface area contributed by atoms with Crippen LogP contribution in [0.2, 0.25) is 0 Å². The molecular weight excluding hydrogens is 468 g/mol. The minimum atomic E-state index is -0.324. The number of thiazole rings is 1. The molecule has 10 heteroatoms. The Kier molecular flexibility index (Phi) is 7.74. The lowest BCUT2D eigenvalue weighted by atomic mass is 10.1. The summed E-state index contributed by atoms with van der Waals surface area (Å²) in [6.45, 7) is 6.26. The fourth-order valence-corrected chi connectivity index (χ4v) is 3.72. The van der Waals surface area contributed by atoms with E-state index >= 15 is 0 Å². The summed E-state index contributed by atoms with van der Waals surface area (Å²) in [5.41, 5.74) is 1.09. The van der Waals surface area contributed by atoms with Gasteiger partial charge in [-0.1, -0.05) is 19.9 Å². The number of aromatic nitrogens is 3. The predicted molar refractivity (Wildman–Crippen MR) is 132 cm³/mol. The maximum absolute atomic E-state index is 12.9. The molecule has 0 radical (unpaired) electrons. The number of hydrogen-bond acceptors (Lipinski definition) is 9. The average molecular weight is 495 g/mol. The predicted octanol–water partition coefficient (Wildman–Crippen LogP) is 5.77. The van der Waals surface area contributed by atoms with Crippen LogP contribution in [-0.2, 0) is 4.74 Å². The molecule has 35 heavy (non-hydrogen) atoms. The van der Waals surface area contributed by atoms with Crippen molar-refractivity contribution < 1.29 is 23.4 Å². The number of rotatable bonds is 10. The van der Waals surface area contributed by atoms with Crippen LogP contribution in [0.5, 0.6) is 17.2 Å². The van der Waals surface area contributed by atoms with Gasteiger partial charge in [-0.3, -0.25) is 10.1 Å². The van der Waals surface area contributed by atoms with E-state index in [0.29, 0.717) is 46.3 Å². The van der Waals surface area contributed by atoms with Gasteiger partial charge in [0, 0.05) is 41.8 Å². The average Bonchev–Trinajstić information content (AvgIpc) is 3.52. The van der Waals surface area contributed by atoms with Gasteiger partial charge in [0.1, 0.15) is 23.4 Å². The Labute approximate surface area is 207 Å². The molecule has 0 saturated carbocycles. The molecule has 1 amide bonds. The number of ether oxygens (including phenoxy) is 3. The van der Waals surface area contributed by atoms with Crippen LogP contribution in [0.3, 0.4) is 0 Å². The number of amides is 1. The highest BCUT2D eigenvalue weighted by Crippen LogP contribution is 2.31. The van der Waals surface area contributed by atoms with Crippen LogP contribution >= 0.6 is 11.3 Å². The first-order valence-electron chi connectivity index (χ1n) is 11.0. The number of anilines is 1. The molecule has 4 aromatic rings. The molecule has 182 valence electrons. The first-order valence-corrected chi connectivity index (χ1v) is 11.9. The molecule has 0 unspecified atom stereocenters. The summed E-state index contributed by atoms with van der Waals surface area (Å²) in [6, 6.07) is 12.3. The number of hydrogen-bond donors (Lipinski definition) is 1. The molecule has 0 aliphatic heterocycles. The van der Waals surface area contributed by atoms with Gasteiger partial charge in [0.2, 0.25) is 11.8 Å². The lowest BCUT2D eigenvalue weighted by molar-refractivity contribution is 0.0916. The third kappa shape index (κ3) is 6.43. The fraction of sp³-hybridized carbons (Fsp3) is 0.280. The zero-order chi connectivity index (χ0) is 24.8. The van der Waals surface area contributed by atoms with Crippen LogP contribution < -0.4 is 14.8 Å². The molecule has 0 fully saturated rings. The third-order valence-corrected chi connectivity index (χ3v) is 5.47. The molecule has 0 aliphatic rings. The van der Waals surface area contributed by atoms with E-state index in [1.807, 2.05) is 32.9 Å². The van der Waals surface area contributed by atoms with Gasteiger partial charge in [-0.25, -0.2) is 4.98 Å². The molecule has 0 saturated heterocycles. The minimum absolute atomic E-state index is 0.132. The molecule has 1 N–H and O–H groups in total. The smallest absolute Gasteiger partial charge is 0.257 e. The summed E-state index contributed by atoms with van der Waals surface area (Å²) in [7, 11) is 1.60. The van der Waals surface area contributed by atoms with E-state index in [1.54, 1.807) is 49.0 Å². The molecule has 2 heterocycles. The highest BCUT2D eigenvalue weighted by molar-refractivity contribution is 7.13. The van der Waals surface area contributed by atoms with Crippen molar-refractivity contribution in [2.24, 2.45) is 0 Å².